The number of hydrogen-bond acceptors (Lipinski definition) is 6. The van der Waals surface area contributed by atoms with Crippen LogP contribution in [0.3, 0.4) is 0 Å². The highest BCUT2D eigenvalue weighted by atomic mass is 16.5. The molecule has 0 saturated heterocycles. The number of aromatic amines is 1. The van der Waals surface area contributed by atoms with Crippen molar-refractivity contribution in [2.24, 2.45) is 0 Å². The highest BCUT2D eigenvalue weighted by molar-refractivity contribution is 6.05. The van der Waals surface area contributed by atoms with E-state index in [0.717, 1.165) is 5.52 Å². The van der Waals surface area contributed by atoms with Gasteiger partial charge < -0.3 is 19.9 Å². The van der Waals surface area contributed by atoms with E-state index >= 15 is 0 Å². The minimum Gasteiger partial charge on any atom is -0.465 e. The Morgan fingerprint density at radius 3 is 2.74 bits per heavy atom. The number of ether oxygens (including phenoxy) is 2. The first-order valence-electron chi connectivity index (χ1n) is 7.21. The number of pyridine rings is 1. The van der Waals surface area contributed by atoms with Crippen molar-refractivity contribution in [2.45, 2.75) is 6.92 Å². The quantitative estimate of drug-likeness (QED) is 0.771. The zero-order valence-electron chi connectivity index (χ0n) is 13.0. The Morgan fingerprint density at radius 2 is 2.09 bits per heavy atom. The number of aromatic nitrogens is 1. The van der Waals surface area contributed by atoms with Crippen LogP contribution >= 0.6 is 0 Å². The van der Waals surface area contributed by atoms with E-state index in [0.29, 0.717) is 22.2 Å². The third-order valence-corrected chi connectivity index (χ3v) is 3.26. The summed E-state index contributed by atoms with van der Waals surface area (Å²) in [5.41, 5.74) is 1.89. The molecule has 0 amide bonds. The lowest BCUT2D eigenvalue weighted by atomic mass is 10.1. The maximum absolute atomic E-state index is 12.1. The van der Waals surface area contributed by atoms with Crippen molar-refractivity contribution in [1.29, 1.82) is 0 Å². The maximum Gasteiger partial charge on any atom is 0.346 e. The molecule has 0 spiro atoms. The van der Waals surface area contributed by atoms with Gasteiger partial charge in [-0.3, -0.25) is 0 Å². The van der Waals surface area contributed by atoms with E-state index in [2.05, 4.69) is 10.3 Å². The standard InChI is InChI=1S/C16H18N2O5/c1-3-23-16(21)12-9-18-13-5-4-10(15(20)22-2)8-11(13)14(12)17-6-7-19/h4-5,8-9,19H,3,6-7H2,1-2H3,(H,17,18)/p+1. The lowest BCUT2D eigenvalue weighted by Crippen LogP contribution is -2.18. The predicted octanol–water partition coefficient (Wildman–Crippen LogP) is 1.02. The van der Waals surface area contributed by atoms with Gasteiger partial charge in [-0.1, -0.05) is 0 Å². The van der Waals surface area contributed by atoms with Crippen LogP contribution in [0, 0.1) is 0 Å². The van der Waals surface area contributed by atoms with Gasteiger partial charge in [-0.2, -0.15) is 0 Å². The Hall–Kier alpha value is -2.67. The van der Waals surface area contributed by atoms with Gasteiger partial charge in [-0.15, -0.1) is 0 Å². The van der Waals surface area contributed by atoms with Gasteiger partial charge in [0.2, 0.25) is 5.52 Å². The van der Waals surface area contributed by atoms with Crippen LogP contribution in [0.1, 0.15) is 27.6 Å². The van der Waals surface area contributed by atoms with Crippen LogP contribution in [-0.2, 0) is 9.47 Å². The third-order valence-electron chi connectivity index (χ3n) is 3.26. The number of H-pyrrole nitrogens is 1. The summed E-state index contributed by atoms with van der Waals surface area (Å²) in [4.78, 5) is 26.8. The molecule has 3 N–H and O–H groups in total. The molecular weight excluding hydrogens is 300 g/mol. The molecular formula is C16H19N2O5+. The van der Waals surface area contributed by atoms with Gasteiger partial charge >= 0.3 is 11.9 Å². The van der Waals surface area contributed by atoms with Crippen molar-refractivity contribution in [1.82, 2.24) is 0 Å². The molecule has 0 fully saturated rings. The summed E-state index contributed by atoms with van der Waals surface area (Å²) >= 11 is 0. The summed E-state index contributed by atoms with van der Waals surface area (Å²) < 4.78 is 9.76. The summed E-state index contributed by atoms with van der Waals surface area (Å²) in [6, 6.07) is 4.98. The molecule has 0 atom stereocenters. The molecule has 0 aliphatic heterocycles. The minimum absolute atomic E-state index is 0.0982. The number of carbonyl (C=O) groups is 2. The van der Waals surface area contributed by atoms with Crippen molar-refractivity contribution < 1.29 is 29.2 Å². The van der Waals surface area contributed by atoms with Crippen LogP contribution in [0.4, 0.5) is 5.69 Å². The molecule has 0 saturated carbocycles. The Kier molecular flexibility index (Phi) is 5.48. The second kappa shape index (κ2) is 7.55. The summed E-state index contributed by atoms with van der Waals surface area (Å²) in [5, 5.41) is 12.7. The summed E-state index contributed by atoms with van der Waals surface area (Å²) in [6.45, 7) is 2.13. The number of carbonyl (C=O) groups excluding carboxylic acids is 2. The number of esters is 2. The molecule has 0 radical (unpaired) electrons. The topological polar surface area (TPSA) is 99.0 Å². The van der Waals surface area contributed by atoms with E-state index in [1.807, 2.05) is 0 Å². The Morgan fingerprint density at radius 1 is 1.30 bits per heavy atom. The lowest BCUT2D eigenvalue weighted by Gasteiger charge is -2.11. The fourth-order valence-electron chi connectivity index (χ4n) is 2.23. The van der Waals surface area contributed by atoms with Crippen molar-refractivity contribution in [3.63, 3.8) is 0 Å². The number of aliphatic hydroxyl groups excluding tert-OH is 1. The van der Waals surface area contributed by atoms with E-state index in [4.69, 9.17) is 14.6 Å². The fraction of sp³-hybridized carbons (Fsp3) is 0.312. The molecule has 23 heavy (non-hydrogen) atoms. The van der Waals surface area contributed by atoms with Gasteiger partial charge in [0.1, 0.15) is 5.56 Å². The number of methoxy groups -OCH3 is 1. The van der Waals surface area contributed by atoms with Crippen molar-refractivity contribution in [3.8, 4) is 0 Å². The molecule has 0 aliphatic rings. The average Bonchev–Trinajstić information content (AvgIpc) is 2.58. The van der Waals surface area contributed by atoms with Crippen LogP contribution in [0.25, 0.3) is 10.9 Å². The van der Waals surface area contributed by atoms with E-state index < -0.39 is 11.9 Å². The van der Waals surface area contributed by atoms with E-state index in [1.54, 1.807) is 25.1 Å². The van der Waals surface area contributed by atoms with Gasteiger partial charge in [-0.05, 0) is 19.1 Å². The van der Waals surface area contributed by atoms with Crippen molar-refractivity contribution in [3.05, 3.63) is 35.5 Å². The Labute approximate surface area is 133 Å². The van der Waals surface area contributed by atoms with Crippen molar-refractivity contribution in [2.75, 3.05) is 32.2 Å². The first kappa shape index (κ1) is 16.7. The van der Waals surface area contributed by atoms with Gasteiger partial charge in [0.25, 0.3) is 0 Å². The average molecular weight is 319 g/mol. The predicted molar refractivity (Wildman–Crippen MR) is 83.4 cm³/mol. The second-order valence-electron chi connectivity index (χ2n) is 4.70. The van der Waals surface area contributed by atoms with E-state index in [-0.39, 0.29) is 19.8 Å². The van der Waals surface area contributed by atoms with Crippen LogP contribution < -0.4 is 10.3 Å². The second-order valence-corrected chi connectivity index (χ2v) is 4.70. The molecule has 1 aromatic heterocycles. The number of anilines is 1. The van der Waals surface area contributed by atoms with Crippen LogP contribution in [0.15, 0.2) is 24.4 Å². The Balaban J connectivity index is 2.62. The first-order valence-corrected chi connectivity index (χ1v) is 7.21. The van der Waals surface area contributed by atoms with E-state index in [1.165, 1.54) is 13.3 Å². The van der Waals surface area contributed by atoms with Crippen molar-refractivity contribution >= 4 is 28.5 Å². The zero-order valence-corrected chi connectivity index (χ0v) is 13.0. The molecule has 1 aromatic carbocycles. The molecule has 1 heterocycles. The highest BCUT2D eigenvalue weighted by Crippen LogP contribution is 2.26. The van der Waals surface area contributed by atoms with Gasteiger partial charge in [0.15, 0.2) is 6.20 Å². The summed E-state index contributed by atoms with van der Waals surface area (Å²) in [6.07, 6.45) is 1.54. The molecule has 0 unspecified atom stereocenters. The van der Waals surface area contributed by atoms with E-state index in [9.17, 15) is 9.59 Å². The third kappa shape index (κ3) is 3.57. The molecule has 7 nitrogen and oxygen atoms in total. The van der Waals surface area contributed by atoms with Crippen LogP contribution in [-0.4, -0.2) is 43.9 Å². The number of hydrogen-bond donors (Lipinski definition) is 2. The molecule has 0 bridgehead atoms. The molecule has 122 valence electrons. The van der Waals surface area contributed by atoms with Gasteiger partial charge in [0.05, 0.1) is 37.0 Å². The zero-order chi connectivity index (χ0) is 16.8. The first-order chi connectivity index (χ1) is 11.1. The summed E-state index contributed by atoms with van der Waals surface area (Å²) in [7, 11) is 1.30. The molecule has 2 rings (SSSR count). The minimum atomic E-state index is -0.491. The Bertz CT molecular complexity index is 730. The smallest absolute Gasteiger partial charge is 0.346 e. The number of rotatable bonds is 6. The number of fused-ring (bicyclic) bond motifs is 1. The maximum atomic E-state index is 12.1. The molecule has 0 aliphatic carbocycles. The monoisotopic (exact) mass is 319 g/mol. The highest BCUT2D eigenvalue weighted by Gasteiger charge is 2.21. The fourth-order valence-corrected chi connectivity index (χ4v) is 2.23. The van der Waals surface area contributed by atoms with Gasteiger partial charge in [-0.25, -0.2) is 14.6 Å². The lowest BCUT2D eigenvalue weighted by molar-refractivity contribution is -0.344. The summed E-state index contributed by atoms with van der Waals surface area (Å²) in [5.74, 6) is -0.962. The largest absolute Gasteiger partial charge is 0.465 e. The van der Waals surface area contributed by atoms with Gasteiger partial charge in [0, 0.05) is 12.6 Å². The molecule has 7 heteroatoms. The number of aliphatic hydroxyl groups is 1. The SMILES string of the molecule is CCOC(=O)c1c[nH+]c2ccc(C(=O)OC)cc2c1NCCO. The van der Waals surface area contributed by atoms with Crippen LogP contribution in [0.5, 0.6) is 0 Å². The molecule has 2 aromatic rings. The normalized spacial score (nSPS) is 10.4. The van der Waals surface area contributed by atoms with Crippen LogP contribution in [0.2, 0.25) is 0 Å². The number of nitrogens with one attached hydrogen (secondary N) is 2. The number of benzene rings is 1.